The molecule has 1 aromatic heterocycles. The van der Waals surface area contributed by atoms with Crippen molar-refractivity contribution < 1.29 is 29.6 Å². The van der Waals surface area contributed by atoms with E-state index in [-0.39, 0.29) is 29.6 Å². The van der Waals surface area contributed by atoms with E-state index in [0.717, 1.165) is 25.2 Å². The van der Waals surface area contributed by atoms with Crippen LogP contribution in [0.1, 0.15) is 11.3 Å². The molecule has 2 rings (SSSR count). The third kappa shape index (κ3) is 2.60. The maximum atomic E-state index is 4.89. The molecule has 3 nitrogen and oxygen atoms in total. The molecule has 0 aliphatic carbocycles. The number of aromatic nitrogens is 2. The van der Waals surface area contributed by atoms with Crippen LogP contribution in [0.3, 0.4) is 0 Å². The summed E-state index contributed by atoms with van der Waals surface area (Å²) in [5, 5.41) is 0.471. The first-order valence-electron chi connectivity index (χ1n) is 3.96. The van der Waals surface area contributed by atoms with Crippen molar-refractivity contribution in [1.29, 1.82) is 0 Å². The molecular weight excluding hydrogens is 193 g/mol. The number of likely N-dealkylation sites (N-methyl/N-ethyl adjacent to an activating group) is 1. The van der Waals surface area contributed by atoms with Crippen LogP contribution in [0.2, 0.25) is 0 Å². The Hall–Kier alpha value is 0.260. The molecule has 0 N–H and O–H groups in total. The summed E-state index contributed by atoms with van der Waals surface area (Å²) >= 11 is 4.89. The summed E-state index contributed by atoms with van der Waals surface area (Å²) in [5.74, 6) is 0. The van der Waals surface area contributed by atoms with Crippen LogP contribution in [0.25, 0.3) is 0 Å². The fourth-order valence-corrected chi connectivity index (χ4v) is 1.60. The first-order chi connectivity index (χ1) is 5.75. The third-order valence-corrected chi connectivity index (χ3v) is 2.30. The first-order valence-corrected chi connectivity index (χ1v) is 4.37. The number of nitrogens with zero attached hydrogens (tertiary/aromatic N) is 3. The Morgan fingerprint density at radius 2 is 2.31 bits per heavy atom. The van der Waals surface area contributed by atoms with Crippen molar-refractivity contribution in [2.45, 2.75) is 18.1 Å². The molecule has 0 fully saturated rings. The van der Waals surface area contributed by atoms with Gasteiger partial charge in [-0.1, -0.05) is 0 Å². The van der Waals surface area contributed by atoms with Crippen molar-refractivity contribution in [1.82, 2.24) is 14.9 Å². The normalized spacial score (nSPS) is 16.1. The summed E-state index contributed by atoms with van der Waals surface area (Å²) in [5.41, 5.74) is 2.35. The van der Waals surface area contributed by atoms with Gasteiger partial charge in [0.15, 0.2) is 0 Å². The molecule has 0 atom stereocenters. The number of fused-ring (bicyclic) bond motifs is 1. The largest absolute Gasteiger partial charge is 1.00 e. The van der Waals surface area contributed by atoms with Gasteiger partial charge in [0.1, 0.15) is 0 Å². The Kier molecular flexibility index (Phi) is 4.06. The van der Waals surface area contributed by atoms with Crippen molar-refractivity contribution >= 4 is 12.6 Å². The molecule has 0 radical (unpaired) electrons. The van der Waals surface area contributed by atoms with E-state index in [2.05, 4.69) is 21.9 Å². The van der Waals surface area contributed by atoms with Crippen molar-refractivity contribution in [3.63, 3.8) is 0 Å². The molecule has 0 unspecified atom stereocenters. The summed E-state index contributed by atoms with van der Waals surface area (Å²) in [6, 6.07) is 0. The molecule has 1 aromatic rings. The van der Waals surface area contributed by atoms with Crippen molar-refractivity contribution in [3.05, 3.63) is 17.5 Å². The van der Waals surface area contributed by atoms with Crippen LogP contribution in [0.5, 0.6) is 0 Å². The Morgan fingerprint density at radius 1 is 1.54 bits per heavy atom. The van der Waals surface area contributed by atoms with Crippen molar-refractivity contribution in [3.8, 4) is 0 Å². The quantitative estimate of drug-likeness (QED) is 0.262. The summed E-state index contributed by atoms with van der Waals surface area (Å²) < 4.78 is 0. The molecule has 0 saturated heterocycles. The molecule has 13 heavy (non-hydrogen) atoms. The van der Waals surface area contributed by atoms with Gasteiger partial charge in [0.05, 0.1) is 0 Å². The Bertz CT molecular complexity index is 305. The molecule has 0 amide bonds. The van der Waals surface area contributed by atoms with E-state index in [1.165, 1.54) is 5.56 Å². The molecular formula is C8H10N3NaS. The fraction of sp³-hybridized carbons (Fsp3) is 0.500. The van der Waals surface area contributed by atoms with Crippen LogP contribution in [0.4, 0.5) is 0 Å². The standard InChI is InChI=1S/C8H11N3S.Na/c1-11-3-2-7-6(5-11)4-9-8(12)10-7;/h4H,2-3,5H2,1H3,(H,9,10,12);/q;+1/p-1. The molecule has 0 spiro atoms. The molecule has 0 aromatic carbocycles. The number of hydrogen-bond acceptors (Lipinski definition) is 4. The zero-order valence-corrected chi connectivity index (χ0v) is 10.8. The van der Waals surface area contributed by atoms with Gasteiger partial charge in [-0.2, -0.15) is 0 Å². The zero-order valence-electron chi connectivity index (χ0n) is 7.95. The minimum atomic E-state index is 0. The molecule has 0 bridgehead atoms. The van der Waals surface area contributed by atoms with Crippen molar-refractivity contribution in [2.24, 2.45) is 0 Å². The molecule has 0 saturated carbocycles. The SMILES string of the molecule is CN1CCc2nc([S-])ncc2C1.[Na+]. The van der Waals surface area contributed by atoms with Gasteiger partial charge in [-0.05, 0) is 7.05 Å². The van der Waals surface area contributed by atoms with Gasteiger partial charge in [0, 0.05) is 42.1 Å². The van der Waals surface area contributed by atoms with Crippen LogP contribution in [-0.2, 0) is 25.6 Å². The Morgan fingerprint density at radius 3 is 3.08 bits per heavy atom. The van der Waals surface area contributed by atoms with Crippen LogP contribution in [0.15, 0.2) is 11.4 Å². The minimum absolute atomic E-state index is 0. The molecule has 1 aliphatic rings. The van der Waals surface area contributed by atoms with E-state index in [9.17, 15) is 0 Å². The van der Waals surface area contributed by atoms with E-state index in [1.54, 1.807) is 0 Å². The Balaban J connectivity index is 0.000000845. The molecule has 2 heterocycles. The second kappa shape index (κ2) is 4.66. The summed E-state index contributed by atoms with van der Waals surface area (Å²) in [4.78, 5) is 10.5. The van der Waals surface area contributed by atoms with Crippen molar-refractivity contribution in [2.75, 3.05) is 13.6 Å². The van der Waals surface area contributed by atoms with Crippen LogP contribution < -0.4 is 29.6 Å². The van der Waals surface area contributed by atoms with Crippen LogP contribution in [0, 0.1) is 0 Å². The zero-order chi connectivity index (χ0) is 8.55. The molecule has 1 aliphatic heterocycles. The predicted molar refractivity (Wildman–Crippen MR) is 47.7 cm³/mol. The van der Waals surface area contributed by atoms with E-state index < -0.39 is 0 Å². The first kappa shape index (κ1) is 11.3. The van der Waals surface area contributed by atoms with E-state index >= 15 is 0 Å². The fourth-order valence-electron chi connectivity index (χ4n) is 1.44. The smallest absolute Gasteiger partial charge is 0.740 e. The van der Waals surface area contributed by atoms with E-state index in [0.29, 0.717) is 5.16 Å². The summed E-state index contributed by atoms with van der Waals surface area (Å²) in [6.45, 7) is 2.02. The third-order valence-electron chi connectivity index (χ3n) is 2.10. The predicted octanol–water partition coefficient (Wildman–Crippen LogP) is -2.63. The average Bonchev–Trinajstić information content (AvgIpc) is 2.05. The summed E-state index contributed by atoms with van der Waals surface area (Å²) in [7, 11) is 2.10. The monoisotopic (exact) mass is 203 g/mol. The van der Waals surface area contributed by atoms with Gasteiger partial charge in [-0.25, -0.2) is 0 Å². The van der Waals surface area contributed by atoms with Crippen LogP contribution >= 0.6 is 0 Å². The maximum Gasteiger partial charge on any atom is 1.00 e. The van der Waals surface area contributed by atoms with Gasteiger partial charge in [-0.15, -0.1) is 0 Å². The molecule has 64 valence electrons. The van der Waals surface area contributed by atoms with Gasteiger partial charge in [0.25, 0.3) is 0 Å². The maximum absolute atomic E-state index is 4.89. The summed E-state index contributed by atoms with van der Waals surface area (Å²) in [6.07, 6.45) is 2.85. The topological polar surface area (TPSA) is 29.0 Å². The van der Waals surface area contributed by atoms with Gasteiger partial charge >= 0.3 is 29.6 Å². The van der Waals surface area contributed by atoms with Gasteiger partial charge in [-0.3, -0.25) is 9.97 Å². The Labute approximate surface area is 106 Å². The van der Waals surface area contributed by atoms with E-state index in [4.69, 9.17) is 12.6 Å². The van der Waals surface area contributed by atoms with E-state index in [1.807, 2.05) is 6.20 Å². The van der Waals surface area contributed by atoms with Crippen LogP contribution in [-0.4, -0.2) is 28.5 Å². The second-order valence-corrected chi connectivity index (χ2v) is 3.48. The number of hydrogen-bond donors (Lipinski definition) is 0. The van der Waals surface area contributed by atoms with Gasteiger partial charge < -0.3 is 17.5 Å². The number of rotatable bonds is 0. The van der Waals surface area contributed by atoms with Gasteiger partial charge in [0.2, 0.25) is 0 Å². The minimum Gasteiger partial charge on any atom is -0.740 e. The average molecular weight is 203 g/mol. The second-order valence-electron chi connectivity index (χ2n) is 3.11. The molecule has 5 heteroatoms.